The summed E-state index contributed by atoms with van der Waals surface area (Å²) in [6.07, 6.45) is 2.22. The number of carbonyl (C=O) groups excluding carboxylic acids is 1. The van der Waals surface area contributed by atoms with Crippen molar-refractivity contribution in [3.05, 3.63) is 35.9 Å². The zero-order valence-corrected chi connectivity index (χ0v) is 11.8. The third-order valence-corrected chi connectivity index (χ3v) is 4.23. The lowest BCUT2D eigenvalue weighted by molar-refractivity contribution is -0.149. The number of fused-ring (bicyclic) bond motifs is 1. The molecule has 2 heterocycles. The number of ether oxygens (including phenoxy) is 1. The highest BCUT2D eigenvalue weighted by molar-refractivity contribution is 6.02. The van der Waals surface area contributed by atoms with Gasteiger partial charge in [-0.05, 0) is 25.3 Å². The Labute approximate surface area is 119 Å². The first-order chi connectivity index (χ1) is 9.75. The van der Waals surface area contributed by atoms with Gasteiger partial charge < -0.3 is 4.74 Å². The molecule has 3 rings (SSSR count). The molecule has 4 nitrogen and oxygen atoms in total. The predicted molar refractivity (Wildman–Crippen MR) is 77.4 cm³/mol. The van der Waals surface area contributed by atoms with Crippen LogP contribution in [-0.2, 0) is 16.1 Å². The van der Waals surface area contributed by atoms with E-state index in [-0.39, 0.29) is 17.9 Å². The molecule has 0 radical (unpaired) electrons. The minimum absolute atomic E-state index is 0.133. The molecule has 1 fully saturated rings. The van der Waals surface area contributed by atoms with Crippen molar-refractivity contribution in [1.82, 2.24) is 4.90 Å². The minimum atomic E-state index is -0.185. The second kappa shape index (κ2) is 5.75. The molecule has 0 bridgehead atoms. The summed E-state index contributed by atoms with van der Waals surface area (Å²) in [7, 11) is 0. The fourth-order valence-corrected chi connectivity index (χ4v) is 3.13. The summed E-state index contributed by atoms with van der Waals surface area (Å²) in [5.41, 5.74) is 1.95. The maximum absolute atomic E-state index is 12.4. The summed E-state index contributed by atoms with van der Waals surface area (Å²) in [4.78, 5) is 19.2. The van der Waals surface area contributed by atoms with Crippen molar-refractivity contribution in [1.29, 1.82) is 0 Å². The van der Waals surface area contributed by atoms with Crippen molar-refractivity contribution in [2.45, 2.75) is 32.4 Å². The van der Waals surface area contributed by atoms with E-state index in [1.807, 2.05) is 37.3 Å². The van der Waals surface area contributed by atoms with E-state index in [2.05, 4.69) is 9.89 Å². The van der Waals surface area contributed by atoms with E-state index >= 15 is 0 Å². The smallest absolute Gasteiger partial charge is 0.316 e. The Bertz CT molecular complexity index is 512. The molecule has 0 saturated carbocycles. The van der Waals surface area contributed by atoms with Crippen LogP contribution in [-0.4, -0.2) is 35.8 Å². The van der Waals surface area contributed by atoms with Crippen LogP contribution in [0.1, 0.15) is 25.3 Å². The molecule has 2 atom stereocenters. The number of nitrogens with zero attached hydrogens (tertiary/aromatic N) is 2. The zero-order chi connectivity index (χ0) is 13.9. The van der Waals surface area contributed by atoms with Crippen molar-refractivity contribution >= 4 is 11.7 Å². The van der Waals surface area contributed by atoms with Gasteiger partial charge >= 0.3 is 5.97 Å². The second-order valence-corrected chi connectivity index (χ2v) is 5.53. The predicted octanol–water partition coefficient (Wildman–Crippen LogP) is 2.24. The Morgan fingerprint density at radius 3 is 3.00 bits per heavy atom. The first-order valence-corrected chi connectivity index (χ1v) is 7.21. The average molecular weight is 272 g/mol. The zero-order valence-electron chi connectivity index (χ0n) is 11.8. The van der Waals surface area contributed by atoms with Gasteiger partial charge in [-0.15, -0.1) is 0 Å². The van der Waals surface area contributed by atoms with E-state index in [1.165, 1.54) is 0 Å². The van der Waals surface area contributed by atoms with Gasteiger partial charge in [0.15, 0.2) is 0 Å². The highest BCUT2D eigenvalue weighted by Crippen LogP contribution is 2.29. The van der Waals surface area contributed by atoms with E-state index in [1.54, 1.807) is 0 Å². The SMILES string of the molecule is CC1=NCN2CCCC2C1C(=O)OCc1ccccc1. The van der Waals surface area contributed by atoms with Gasteiger partial charge in [0.1, 0.15) is 12.5 Å². The molecule has 20 heavy (non-hydrogen) atoms. The molecule has 1 aromatic rings. The second-order valence-electron chi connectivity index (χ2n) is 5.53. The quantitative estimate of drug-likeness (QED) is 0.792. The van der Waals surface area contributed by atoms with Crippen molar-refractivity contribution in [2.75, 3.05) is 13.2 Å². The molecule has 2 unspecified atom stereocenters. The molecular formula is C16H20N2O2. The van der Waals surface area contributed by atoms with Gasteiger partial charge in [-0.25, -0.2) is 0 Å². The fourth-order valence-electron chi connectivity index (χ4n) is 3.13. The Balaban J connectivity index is 1.66. The number of carbonyl (C=O) groups is 1. The molecule has 0 aromatic heterocycles. The molecule has 1 saturated heterocycles. The Hall–Kier alpha value is -1.68. The third kappa shape index (κ3) is 2.61. The van der Waals surface area contributed by atoms with Crippen molar-refractivity contribution in [2.24, 2.45) is 10.9 Å². The van der Waals surface area contributed by atoms with Crippen molar-refractivity contribution in [3.63, 3.8) is 0 Å². The lowest BCUT2D eigenvalue weighted by Crippen LogP contribution is -2.47. The lowest BCUT2D eigenvalue weighted by Gasteiger charge is -2.33. The number of aliphatic imine (C=N–C) groups is 1. The molecule has 4 heteroatoms. The fraction of sp³-hybridized carbons (Fsp3) is 0.500. The van der Waals surface area contributed by atoms with Gasteiger partial charge in [0.05, 0.1) is 6.67 Å². The number of benzene rings is 1. The number of hydrogen-bond acceptors (Lipinski definition) is 4. The first kappa shape index (κ1) is 13.3. The van der Waals surface area contributed by atoms with Crippen LogP contribution in [0, 0.1) is 5.92 Å². The molecule has 2 aliphatic rings. The van der Waals surface area contributed by atoms with Gasteiger partial charge in [0.25, 0.3) is 0 Å². The minimum Gasteiger partial charge on any atom is -0.460 e. The normalized spacial score (nSPS) is 25.9. The van der Waals surface area contributed by atoms with Gasteiger partial charge in [-0.1, -0.05) is 30.3 Å². The van der Waals surface area contributed by atoms with Crippen LogP contribution in [0.2, 0.25) is 0 Å². The van der Waals surface area contributed by atoms with Gasteiger partial charge in [-0.2, -0.15) is 0 Å². The van der Waals surface area contributed by atoms with Crippen LogP contribution < -0.4 is 0 Å². The van der Waals surface area contributed by atoms with E-state index in [9.17, 15) is 4.79 Å². The van der Waals surface area contributed by atoms with Crippen LogP contribution in [0.15, 0.2) is 35.3 Å². The van der Waals surface area contributed by atoms with E-state index in [4.69, 9.17) is 4.74 Å². The lowest BCUT2D eigenvalue weighted by atomic mass is 9.92. The number of esters is 1. The number of rotatable bonds is 3. The Kier molecular flexibility index (Phi) is 3.83. The Morgan fingerprint density at radius 2 is 2.20 bits per heavy atom. The molecular weight excluding hydrogens is 252 g/mol. The molecule has 0 aliphatic carbocycles. The molecule has 0 N–H and O–H groups in total. The van der Waals surface area contributed by atoms with Crippen LogP contribution in [0.25, 0.3) is 0 Å². The van der Waals surface area contributed by atoms with Crippen LogP contribution in [0.5, 0.6) is 0 Å². The largest absolute Gasteiger partial charge is 0.460 e. The van der Waals surface area contributed by atoms with Crippen LogP contribution in [0.3, 0.4) is 0 Å². The van der Waals surface area contributed by atoms with E-state index < -0.39 is 0 Å². The maximum Gasteiger partial charge on any atom is 0.316 e. The average Bonchev–Trinajstić information content (AvgIpc) is 2.94. The molecule has 0 amide bonds. The van der Waals surface area contributed by atoms with Crippen molar-refractivity contribution < 1.29 is 9.53 Å². The standard InChI is InChI=1S/C16H20N2O2/c1-12-15(14-8-5-9-18(14)11-17-12)16(19)20-10-13-6-3-2-4-7-13/h2-4,6-7,14-15H,5,8-11H2,1H3. The summed E-state index contributed by atoms with van der Waals surface area (Å²) in [5, 5.41) is 0. The third-order valence-electron chi connectivity index (χ3n) is 4.23. The van der Waals surface area contributed by atoms with Crippen molar-refractivity contribution in [3.8, 4) is 0 Å². The molecule has 1 aromatic carbocycles. The summed E-state index contributed by atoms with van der Waals surface area (Å²) in [6, 6.07) is 10.1. The highest BCUT2D eigenvalue weighted by atomic mass is 16.5. The highest BCUT2D eigenvalue weighted by Gasteiger charge is 2.40. The Morgan fingerprint density at radius 1 is 1.40 bits per heavy atom. The first-order valence-electron chi connectivity index (χ1n) is 7.21. The summed E-state index contributed by atoms with van der Waals surface area (Å²) >= 11 is 0. The summed E-state index contributed by atoms with van der Waals surface area (Å²) in [5.74, 6) is -0.318. The monoisotopic (exact) mass is 272 g/mol. The van der Waals surface area contributed by atoms with Crippen LogP contribution in [0.4, 0.5) is 0 Å². The van der Waals surface area contributed by atoms with E-state index in [0.717, 1.165) is 37.3 Å². The number of hydrogen-bond donors (Lipinski definition) is 0. The van der Waals surface area contributed by atoms with Gasteiger partial charge in [0.2, 0.25) is 0 Å². The van der Waals surface area contributed by atoms with Gasteiger partial charge in [0, 0.05) is 18.3 Å². The van der Waals surface area contributed by atoms with Crippen LogP contribution >= 0.6 is 0 Å². The molecule has 106 valence electrons. The maximum atomic E-state index is 12.4. The van der Waals surface area contributed by atoms with Gasteiger partial charge in [-0.3, -0.25) is 14.7 Å². The summed E-state index contributed by atoms with van der Waals surface area (Å²) < 4.78 is 5.50. The molecule has 0 spiro atoms. The summed E-state index contributed by atoms with van der Waals surface area (Å²) in [6.45, 7) is 4.07. The topological polar surface area (TPSA) is 41.9 Å². The van der Waals surface area contributed by atoms with E-state index in [0.29, 0.717) is 6.61 Å². The molecule has 2 aliphatic heterocycles.